The average Bonchev–Trinajstić information content (AvgIpc) is 2.93. The monoisotopic (exact) mass is 244 g/mol. The summed E-state index contributed by atoms with van der Waals surface area (Å²) in [5.74, 6) is 0. The van der Waals surface area contributed by atoms with Gasteiger partial charge >= 0.3 is 0 Å². The van der Waals surface area contributed by atoms with Gasteiger partial charge in [0.15, 0.2) is 6.39 Å². The molecule has 0 radical (unpaired) electrons. The van der Waals surface area contributed by atoms with Gasteiger partial charge in [-0.1, -0.05) is 18.2 Å². The molecule has 0 saturated carbocycles. The van der Waals surface area contributed by atoms with Crippen molar-refractivity contribution in [3.05, 3.63) is 42.0 Å². The highest BCUT2D eigenvalue weighted by molar-refractivity contribution is 5.65. The summed E-state index contributed by atoms with van der Waals surface area (Å²) in [7, 11) is 1.94. The molecular formula is C14H16N2O2. The van der Waals surface area contributed by atoms with Crippen molar-refractivity contribution < 1.29 is 9.15 Å². The molecule has 94 valence electrons. The number of rotatable bonds is 3. The standard InChI is InChI=1S/C14H16N2O2/c1-15-7-14-12-4-2-3-11(10(12)5-6-18-14)13-8-17-9-16-13/h2-4,8-9,14-15H,5-7H2,1H3. The van der Waals surface area contributed by atoms with Crippen LogP contribution in [0.4, 0.5) is 0 Å². The molecule has 0 aliphatic carbocycles. The molecule has 1 N–H and O–H groups in total. The molecule has 2 heterocycles. The van der Waals surface area contributed by atoms with E-state index in [-0.39, 0.29) is 6.10 Å². The molecule has 4 heteroatoms. The Morgan fingerprint density at radius 1 is 1.44 bits per heavy atom. The lowest BCUT2D eigenvalue weighted by Gasteiger charge is -2.27. The van der Waals surface area contributed by atoms with Crippen molar-refractivity contribution in [2.24, 2.45) is 0 Å². The van der Waals surface area contributed by atoms with Crippen molar-refractivity contribution in [1.82, 2.24) is 10.3 Å². The van der Waals surface area contributed by atoms with E-state index < -0.39 is 0 Å². The molecule has 1 aliphatic rings. The molecule has 3 rings (SSSR count). The SMILES string of the molecule is CNCC1OCCc2c(-c3cocn3)cccc21. The van der Waals surface area contributed by atoms with Crippen LogP contribution < -0.4 is 5.32 Å². The Morgan fingerprint density at radius 2 is 2.39 bits per heavy atom. The first-order valence-corrected chi connectivity index (χ1v) is 6.16. The maximum absolute atomic E-state index is 5.81. The molecule has 0 spiro atoms. The minimum atomic E-state index is 0.130. The van der Waals surface area contributed by atoms with Crippen LogP contribution in [0.2, 0.25) is 0 Å². The van der Waals surface area contributed by atoms with E-state index in [9.17, 15) is 0 Å². The van der Waals surface area contributed by atoms with Gasteiger partial charge < -0.3 is 14.5 Å². The highest BCUT2D eigenvalue weighted by Crippen LogP contribution is 2.33. The summed E-state index contributed by atoms with van der Waals surface area (Å²) in [4.78, 5) is 4.24. The predicted molar refractivity (Wildman–Crippen MR) is 68.3 cm³/mol. The van der Waals surface area contributed by atoms with Crippen LogP contribution in [0.3, 0.4) is 0 Å². The predicted octanol–water partition coefficient (Wildman–Crippen LogP) is 2.17. The maximum atomic E-state index is 5.81. The second-order valence-corrected chi connectivity index (χ2v) is 4.41. The van der Waals surface area contributed by atoms with Crippen LogP contribution in [-0.4, -0.2) is 25.2 Å². The first kappa shape index (κ1) is 11.4. The summed E-state index contributed by atoms with van der Waals surface area (Å²) in [6.07, 6.45) is 4.22. The zero-order valence-corrected chi connectivity index (χ0v) is 10.3. The molecule has 1 unspecified atom stereocenters. The molecule has 1 aromatic carbocycles. The molecular weight excluding hydrogens is 228 g/mol. The van der Waals surface area contributed by atoms with Crippen LogP contribution in [0, 0.1) is 0 Å². The molecule has 4 nitrogen and oxygen atoms in total. The first-order chi connectivity index (χ1) is 8.90. The molecule has 18 heavy (non-hydrogen) atoms. The second-order valence-electron chi connectivity index (χ2n) is 4.41. The molecule has 0 fully saturated rings. The van der Waals surface area contributed by atoms with Gasteiger partial charge in [0.2, 0.25) is 0 Å². The lowest BCUT2D eigenvalue weighted by atomic mass is 9.91. The van der Waals surface area contributed by atoms with E-state index in [1.807, 2.05) is 7.05 Å². The Balaban J connectivity index is 2.06. The van der Waals surface area contributed by atoms with Gasteiger partial charge in [0.25, 0.3) is 0 Å². The van der Waals surface area contributed by atoms with Crippen molar-refractivity contribution in [2.45, 2.75) is 12.5 Å². The van der Waals surface area contributed by atoms with Crippen LogP contribution in [0.15, 0.2) is 35.3 Å². The summed E-state index contributed by atoms with van der Waals surface area (Å²) in [5.41, 5.74) is 4.65. The highest BCUT2D eigenvalue weighted by Gasteiger charge is 2.23. The number of ether oxygens (including phenoxy) is 1. The number of hydrogen-bond acceptors (Lipinski definition) is 4. The minimum Gasteiger partial charge on any atom is -0.451 e. The van der Waals surface area contributed by atoms with Crippen molar-refractivity contribution >= 4 is 0 Å². The van der Waals surface area contributed by atoms with Crippen LogP contribution in [0.1, 0.15) is 17.2 Å². The smallest absolute Gasteiger partial charge is 0.181 e. The largest absolute Gasteiger partial charge is 0.451 e. The molecule has 1 atom stereocenters. The quantitative estimate of drug-likeness (QED) is 0.899. The molecule has 1 aliphatic heterocycles. The minimum absolute atomic E-state index is 0.130. The zero-order chi connectivity index (χ0) is 12.4. The lowest BCUT2D eigenvalue weighted by Crippen LogP contribution is -2.25. The van der Waals surface area contributed by atoms with Gasteiger partial charge in [0.1, 0.15) is 12.0 Å². The van der Waals surface area contributed by atoms with E-state index in [0.29, 0.717) is 0 Å². The van der Waals surface area contributed by atoms with Crippen molar-refractivity contribution in [1.29, 1.82) is 0 Å². The van der Waals surface area contributed by atoms with Gasteiger partial charge in [0.05, 0.1) is 12.7 Å². The van der Waals surface area contributed by atoms with Gasteiger partial charge in [-0.2, -0.15) is 0 Å². The zero-order valence-electron chi connectivity index (χ0n) is 10.3. The van der Waals surface area contributed by atoms with E-state index in [2.05, 4.69) is 28.5 Å². The highest BCUT2D eigenvalue weighted by atomic mass is 16.5. The summed E-state index contributed by atoms with van der Waals surface area (Å²) in [6.45, 7) is 1.59. The maximum Gasteiger partial charge on any atom is 0.181 e. The van der Waals surface area contributed by atoms with E-state index >= 15 is 0 Å². The van der Waals surface area contributed by atoms with E-state index in [1.54, 1.807) is 6.26 Å². The number of aromatic nitrogens is 1. The van der Waals surface area contributed by atoms with E-state index in [4.69, 9.17) is 9.15 Å². The van der Waals surface area contributed by atoms with Crippen LogP contribution in [0.25, 0.3) is 11.3 Å². The molecule has 0 saturated heterocycles. The number of fused-ring (bicyclic) bond motifs is 1. The van der Waals surface area contributed by atoms with Crippen molar-refractivity contribution in [3.8, 4) is 11.3 Å². The van der Waals surface area contributed by atoms with Crippen LogP contribution in [-0.2, 0) is 11.2 Å². The molecule has 0 bridgehead atoms. The Hall–Kier alpha value is -1.65. The van der Waals surface area contributed by atoms with Gasteiger partial charge in [-0.3, -0.25) is 0 Å². The third-order valence-electron chi connectivity index (χ3n) is 3.33. The third-order valence-corrected chi connectivity index (χ3v) is 3.33. The Morgan fingerprint density at radius 3 is 3.17 bits per heavy atom. The average molecular weight is 244 g/mol. The number of likely N-dealkylation sites (N-methyl/N-ethyl adjacent to an activating group) is 1. The Labute approximate surface area is 106 Å². The topological polar surface area (TPSA) is 47.3 Å². The fraction of sp³-hybridized carbons (Fsp3) is 0.357. The fourth-order valence-corrected chi connectivity index (χ4v) is 2.52. The summed E-state index contributed by atoms with van der Waals surface area (Å²) in [5, 5.41) is 3.17. The fourth-order valence-electron chi connectivity index (χ4n) is 2.52. The van der Waals surface area contributed by atoms with Gasteiger partial charge in [-0.25, -0.2) is 4.98 Å². The first-order valence-electron chi connectivity index (χ1n) is 6.16. The third kappa shape index (κ3) is 1.94. The van der Waals surface area contributed by atoms with Gasteiger partial charge in [0, 0.05) is 12.1 Å². The van der Waals surface area contributed by atoms with Crippen LogP contribution in [0.5, 0.6) is 0 Å². The number of benzene rings is 1. The number of oxazole rings is 1. The Bertz CT molecular complexity index is 523. The van der Waals surface area contributed by atoms with E-state index in [0.717, 1.165) is 30.8 Å². The van der Waals surface area contributed by atoms with Gasteiger partial charge in [-0.15, -0.1) is 0 Å². The lowest BCUT2D eigenvalue weighted by molar-refractivity contribution is 0.0440. The molecule has 2 aromatic rings. The molecule has 1 aromatic heterocycles. The second kappa shape index (κ2) is 4.92. The number of nitrogens with one attached hydrogen (secondary N) is 1. The van der Waals surface area contributed by atoms with Crippen LogP contribution >= 0.6 is 0 Å². The number of nitrogens with zero attached hydrogens (tertiary/aromatic N) is 1. The van der Waals surface area contributed by atoms with Crippen molar-refractivity contribution in [2.75, 3.05) is 20.2 Å². The number of hydrogen-bond donors (Lipinski definition) is 1. The summed E-state index contributed by atoms with van der Waals surface area (Å²) in [6, 6.07) is 6.29. The van der Waals surface area contributed by atoms with E-state index in [1.165, 1.54) is 17.5 Å². The normalized spacial score (nSPS) is 18.6. The summed E-state index contributed by atoms with van der Waals surface area (Å²) < 4.78 is 10.9. The molecule has 0 amide bonds. The van der Waals surface area contributed by atoms with Gasteiger partial charge in [-0.05, 0) is 24.6 Å². The van der Waals surface area contributed by atoms with Crippen molar-refractivity contribution in [3.63, 3.8) is 0 Å². The summed E-state index contributed by atoms with van der Waals surface area (Å²) >= 11 is 0. The Kier molecular flexibility index (Phi) is 3.13.